The van der Waals surface area contributed by atoms with Crippen molar-refractivity contribution in [1.82, 2.24) is 0 Å². The summed E-state index contributed by atoms with van der Waals surface area (Å²) in [6.07, 6.45) is 0.723. The molecule has 0 saturated carbocycles. The van der Waals surface area contributed by atoms with Crippen molar-refractivity contribution in [3.63, 3.8) is 0 Å². The topological polar surface area (TPSA) is 57.2 Å². The normalized spacial score (nSPS) is 11.3. The van der Waals surface area contributed by atoms with Gasteiger partial charge in [-0.15, -0.1) is 0 Å². The van der Waals surface area contributed by atoms with E-state index < -0.39 is 5.03 Å². The molecule has 1 atom stereocenters. The van der Waals surface area contributed by atoms with Crippen molar-refractivity contribution < 1.29 is 34.6 Å². The second-order valence-electron chi connectivity index (χ2n) is 1.61. The van der Waals surface area contributed by atoms with Gasteiger partial charge in [-0.25, -0.2) is 0 Å². The third kappa shape index (κ3) is 8.20. The van der Waals surface area contributed by atoms with Gasteiger partial charge in [0, 0.05) is 0 Å². The number of hydrogen-bond donors (Lipinski definition) is 0. The van der Waals surface area contributed by atoms with Gasteiger partial charge in [-0.3, -0.25) is 10.1 Å². The van der Waals surface area contributed by atoms with E-state index in [4.69, 9.17) is 0 Å². The summed E-state index contributed by atoms with van der Waals surface area (Å²) in [4.78, 5) is 9.61. The van der Waals surface area contributed by atoms with Gasteiger partial charge in [0.15, 0.2) is 0 Å². The summed E-state index contributed by atoms with van der Waals surface area (Å²) in [5, 5.41) is 8.96. The largest absolute Gasteiger partial charge is 1.00 e. The van der Waals surface area contributed by atoms with Crippen LogP contribution in [-0.4, -0.2) is 11.1 Å². The molecule has 5 heteroatoms. The Labute approximate surface area is 76.4 Å². The summed E-state index contributed by atoms with van der Waals surface area (Å²) in [6.45, 7) is 3.57. The van der Waals surface area contributed by atoms with E-state index in [0.29, 0.717) is 0 Å². The molecule has 0 aliphatic heterocycles. The third-order valence-corrected chi connectivity index (χ3v) is 0.882. The molecular formula is C4H9N2NaO2. The Bertz CT molecular complexity index is 88.6. The molecule has 0 fully saturated rings. The van der Waals surface area contributed by atoms with E-state index in [1.54, 1.807) is 6.92 Å². The van der Waals surface area contributed by atoms with Crippen LogP contribution in [0.4, 0.5) is 0 Å². The molecule has 0 aromatic rings. The quantitative estimate of drug-likeness (QED) is 0.268. The summed E-state index contributed by atoms with van der Waals surface area (Å²) in [6, 6.07) is -0.148. The molecule has 0 spiro atoms. The number of hydrogen-bond acceptors (Lipinski definition) is 2. The summed E-state index contributed by atoms with van der Waals surface area (Å²) >= 11 is 0. The van der Waals surface area contributed by atoms with Crippen molar-refractivity contribution in [2.24, 2.45) is 0 Å². The van der Waals surface area contributed by atoms with Gasteiger partial charge in [0.2, 0.25) is 0 Å². The molecule has 48 valence electrons. The predicted molar refractivity (Wildman–Crippen MR) is 30.1 cm³/mol. The van der Waals surface area contributed by atoms with Crippen LogP contribution in [0.5, 0.6) is 0 Å². The molecule has 0 rings (SSSR count). The molecule has 0 radical (unpaired) electrons. The van der Waals surface area contributed by atoms with Crippen molar-refractivity contribution in [2.45, 2.75) is 26.3 Å². The first kappa shape index (κ1) is 11.9. The maximum Gasteiger partial charge on any atom is 1.00 e. The first-order chi connectivity index (χ1) is 3.66. The molecule has 0 unspecified atom stereocenters. The predicted octanol–water partition coefficient (Wildman–Crippen LogP) is -1.65. The van der Waals surface area contributed by atoms with Crippen LogP contribution < -0.4 is 29.6 Å². The Hall–Kier alpha value is 0.200. The van der Waals surface area contributed by atoms with Crippen LogP contribution in [-0.2, 0) is 0 Å². The number of rotatable bonds is 3. The van der Waals surface area contributed by atoms with Gasteiger partial charge in [0.25, 0.3) is 0 Å². The molecule has 0 bridgehead atoms. The summed E-state index contributed by atoms with van der Waals surface area (Å²) in [5.41, 5.74) is 3.12. The summed E-state index contributed by atoms with van der Waals surface area (Å²) in [5.74, 6) is 0. The van der Waals surface area contributed by atoms with E-state index in [-0.39, 0.29) is 35.6 Å². The first-order valence-corrected chi connectivity index (χ1v) is 2.52. The van der Waals surface area contributed by atoms with Crippen LogP contribution in [0.15, 0.2) is 0 Å². The average Bonchev–Trinajstić information content (AvgIpc) is 1.65. The Morgan fingerprint density at radius 1 is 1.78 bits per heavy atom. The van der Waals surface area contributed by atoms with Gasteiger partial charge in [-0.2, -0.15) is 0 Å². The monoisotopic (exact) mass is 140 g/mol. The summed E-state index contributed by atoms with van der Waals surface area (Å²) < 4.78 is 0. The van der Waals surface area contributed by atoms with Crippen LogP contribution in [0, 0.1) is 10.1 Å². The number of nitro groups is 1. The van der Waals surface area contributed by atoms with Gasteiger partial charge < -0.3 is 5.43 Å². The smallest absolute Gasteiger partial charge is 0.376 e. The molecule has 0 N–H and O–H groups in total. The minimum Gasteiger partial charge on any atom is -0.376 e. The molecule has 0 amide bonds. The molecule has 9 heavy (non-hydrogen) atoms. The van der Waals surface area contributed by atoms with Crippen LogP contribution in [0.1, 0.15) is 20.3 Å². The Morgan fingerprint density at radius 3 is 2.33 bits per heavy atom. The van der Waals surface area contributed by atoms with E-state index in [2.05, 4.69) is 5.43 Å². The minimum absolute atomic E-state index is 0. The fourth-order valence-electron chi connectivity index (χ4n) is 0.243. The first-order valence-electron chi connectivity index (χ1n) is 2.52. The van der Waals surface area contributed by atoms with Gasteiger partial charge in [-0.05, 0) is 5.03 Å². The standard InChI is InChI=1S/C4H9N2O2.Na/c1-3-4(2)5-6(7)8;/h4H,3H2,1-2H3;/q-1;+1/t4-;/m0./s1. The van der Waals surface area contributed by atoms with Gasteiger partial charge in [0.1, 0.15) is 0 Å². The Morgan fingerprint density at radius 2 is 2.22 bits per heavy atom. The second-order valence-corrected chi connectivity index (χ2v) is 1.61. The van der Waals surface area contributed by atoms with Crippen molar-refractivity contribution in [2.75, 3.05) is 0 Å². The molecule has 0 aliphatic carbocycles. The van der Waals surface area contributed by atoms with Crippen LogP contribution in [0.3, 0.4) is 0 Å². The van der Waals surface area contributed by atoms with Gasteiger partial charge >= 0.3 is 29.6 Å². The van der Waals surface area contributed by atoms with Crippen LogP contribution in [0.2, 0.25) is 0 Å². The van der Waals surface area contributed by atoms with Crippen LogP contribution >= 0.6 is 0 Å². The maximum absolute atomic E-state index is 9.61. The second kappa shape index (κ2) is 6.32. The molecule has 0 aromatic heterocycles. The SMILES string of the molecule is CC[C@H](C)[N-][N+](=O)[O-].[Na+]. The molecule has 0 aromatic carbocycles. The summed E-state index contributed by atoms with van der Waals surface area (Å²) in [7, 11) is 0. The van der Waals surface area contributed by atoms with E-state index in [1.807, 2.05) is 6.92 Å². The van der Waals surface area contributed by atoms with Crippen molar-refractivity contribution in [1.29, 1.82) is 0 Å². The molecule has 0 saturated heterocycles. The van der Waals surface area contributed by atoms with E-state index >= 15 is 0 Å². The Balaban J connectivity index is 0. The molecule has 0 heterocycles. The van der Waals surface area contributed by atoms with Crippen LogP contribution in [0.25, 0.3) is 5.43 Å². The van der Waals surface area contributed by atoms with Crippen molar-refractivity contribution >= 4 is 0 Å². The fraction of sp³-hybridized carbons (Fsp3) is 1.00. The Kier molecular flexibility index (Phi) is 8.38. The minimum atomic E-state index is -0.645. The molecular weight excluding hydrogens is 131 g/mol. The maximum atomic E-state index is 9.61. The van der Waals surface area contributed by atoms with Gasteiger partial charge in [0.05, 0.1) is 0 Å². The fourth-order valence-corrected chi connectivity index (χ4v) is 0.243. The zero-order chi connectivity index (χ0) is 6.57. The number of nitrogens with zero attached hydrogens (tertiary/aromatic N) is 2. The van der Waals surface area contributed by atoms with E-state index in [0.717, 1.165) is 6.42 Å². The molecule has 0 aliphatic rings. The third-order valence-electron chi connectivity index (χ3n) is 0.882. The van der Waals surface area contributed by atoms with Crippen molar-refractivity contribution in [3.05, 3.63) is 15.5 Å². The zero-order valence-corrected chi connectivity index (χ0v) is 8.00. The van der Waals surface area contributed by atoms with Crippen molar-refractivity contribution in [3.8, 4) is 0 Å². The molecule has 4 nitrogen and oxygen atoms in total. The van der Waals surface area contributed by atoms with E-state index in [9.17, 15) is 10.1 Å². The zero-order valence-electron chi connectivity index (χ0n) is 6.00. The van der Waals surface area contributed by atoms with Gasteiger partial charge in [-0.1, -0.05) is 26.3 Å². The van der Waals surface area contributed by atoms with E-state index in [1.165, 1.54) is 0 Å². The average molecular weight is 140 g/mol.